The van der Waals surface area contributed by atoms with Gasteiger partial charge in [-0.1, -0.05) is 24.3 Å². The molecule has 1 aliphatic rings. The lowest BCUT2D eigenvalue weighted by Gasteiger charge is -2.24. The van der Waals surface area contributed by atoms with E-state index in [1.165, 1.54) is 35.8 Å². The molecule has 1 fully saturated rings. The normalized spacial score (nSPS) is 17.1. The molecule has 3 aromatic rings. The van der Waals surface area contributed by atoms with E-state index in [4.69, 9.17) is 0 Å². The number of carbonyl (C=O) groups excluding carboxylic acids is 1. The van der Waals surface area contributed by atoms with E-state index in [9.17, 15) is 4.79 Å². The Morgan fingerprint density at radius 2 is 2.07 bits per heavy atom. The minimum atomic E-state index is -0.0712. The average molecular weight is 396 g/mol. The maximum absolute atomic E-state index is 11.2. The first-order chi connectivity index (χ1) is 13.6. The Kier molecular flexibility index (Phi) is 5.54. The molecule has 0 aliphatic carbocycles. The fraction of sp³-hybridized carbons (Fsp3) is 0.381. The van der Waals surface area contributed by atoms with Crippen LogP contribution < -0.4 is 5.32 Å². The Labute approximate surface area is 169 Å². The molecule has 146 valence electrons. The summed E-state index contributed by atoms with van der Waals surface area (Å²) in [4.78, 5) is 19.3. The number of amides is 1. The van der Waals surface area contributed by atoms with Gasteiger partial charge >= 0.3 is 0 Å². The molecular formula is C21H25N5OS. The van der Waals surface area contributed by atoms with Gasteiger partial charge in [-0.05, 0) is 36.9 Å². The first-order valence-electron chi connectivity index (χ1n) is 9.61. The quantitative estimate of drug-likeness (QED) is 0.691. The largest absolute Gasteiger partial charge is 0.302 e. The van der Waals surface area contributed by atoms with E-state index in [-0.39, 0.29) is 5.91 Å². The minimum absolute atomic E-state index is 0.0712. The molecule has 1 saturated heterocycles. The number of thiazole rings is 1. The molecule has 0 spiro atoms. The summed E-state index contributed by atoms with van der Waals surface area (Å²) in [6, 6.07) is 9.34. The van der Waals surface area contributed by atoms with E-state index in [0.29, 0.717) is 11.2 Å². The molecule has 0 saturated carbocycles. The number of hydrogen-bond donors (Lipinski definition) is 1. The first kappa shape index (κ1) is 18.8. The zero-order valence-corrected chi connectivity index (χ0v) is 17.1. The van der Waals surface area contributed by atoms with Crippen molar-refractivity contribution in [3.05, 3.63) is 53.3 Å². The number of likely N-dealkylation sites (tertiary alicyclic amines) is 1. The molecule has 0 unspecified atom stereocenters. The van der Waals surface area contributed by atoms with Crippen LogP contribution in [0.1, 0.15) is 30.2 Å². The van der Waals surface area contributed by atoms with Gasteiger partial charge < -0.3 is 5.32 Å². The second-order valence-electron chi connectivity index (χ2n) is 7.38. The summed E-state index contributed by atoms with van der Waals surface area (Å²) in [7, 11) is 1.94. The predicted octanol–water partition coefficient (Wildman–Crippen LogP) is 3.71. The van der Waals surface area contributed by atoms with Gasteiger partial charge in [-0.15, -0.1) is 11.3 Å². The van der Waals surface area contributed by atoms with Crippen LogP contribution in [0, 0.1) is 0 Å². The van der Waals surface area contributed by atoms with Gasteiger partial charge in [0.05, 0.1) is 6.20 Å². The molecule has 0 radical (unpaired) electrons. The van der Waals surface area contributed by atoms with Gasteiger partial charge in [-0.25, -0.2) is 4.98 Å². The first-order valence-corrected chi connectivity index (χ1v) is 10.4. The van der Waals surface area contributed by atoms with E-state index < -0.39 is 0 Å². The maximum Gasteiger partial charge on any atom is 0.223 e. The number of carbonyl (C=O) groups is 1. The van der Waals surface area contributed by atoms with Gasteiger partial charge in [0.1, 0.15) is 0 Å². The van der Waals surface area contributed by atoms with Gasteiger partial charge in [0.15, 0.2) is 5.13 Å². The second kappa shape index (κ2) is 8.24. The average Bonchev–Trinajstić information content (AvgIpc) is 3.39. The summed E-state index contributed by atoms with van der Waals surface area (Å²) in [6.45, 7) is 3.61. The summed E-state index contributed by atoms with van der Waals surface area (Å²) in [6.07, 6.45) is 9.27. The van der Waals surface area contributed by atoms with Gasteiger partial charge in [0.2, 0.25) is 5.91 Å². The molecule has 6 nitrogen and oxygen atoms in total. The van der Waals surface area contributed by atoms with Crippen molar-refractivity contribution in [2.24, 2.45) is 7.05 Å². The van der Waals surface area contributed by atoms with Crippen molar-refractivity contribution in [2.45, 2.75) is 38.8 Å². The lowest BCUT2D eigenvalue weighted by Crippen LogP contribution is -2.30. The molecule has 28 heavy (non-hydrogen) atoms. The molecule has 1 aromatic carbocycles. The summed E-state index contributed by atoms with van der Waals surface area (Å²) in [5, 5.41) is 7.71. The molecule has 1 aliphatic heterocycles. The van der Waals surface area contributed by atoms with Crippen molar-refractivity contribution < 1.29 is 4.79 Å². The maximum atomic E-state index is 11.2. The monoisotopic (exact) mass is 395 g/mol. The lowest BCUT2D eigenvalue weighted by atomic mass is 10.1. The predicted molar refractivity (Wildman–Crippen MR) is 112 cm³/mol. The van der Waals surface area contributed by atoms with Crippen LogP contribution in [0.4, 0.5) is 5.13 Å². The van der Waals surface area contributed by atoms with Crippen LogP contribution in [0.25, 0.3) is 11.1 Å². The number of nitrogens with one attached hydrogen (secondary N) is 1. The number of benzene rings is 1. The van der Waals surface area contributed by atoms with Crippen LogP contribution in [-0.4, -0.2) is 38.2 Å². The van der Waals surface area contributed by atoms with Crippen molar-refractivity contribution in [3.63, 3.8) is 0 Å². The SMILES string of the molecule is CC(=O)Nc1ncc(C[C@@H]2CCCN2Cc2ccc(-c3cnn(C)c3)cc2)s1. The molecular weight excluding hydrogens is 370 g/mol. The molecule has 1 N–H and O–H groups in total. The van der Waals surface area contributed by atoms with Gasteiger partial charge in [-0.3, -0.25) is 14.4 Å². The van der Waals surface area contributed by atoms with Crippen LogP contribution in [0.2, 0.25) is 0 Å². The Morgan fingerprint density at radius 1 is 1.25 bits per heavy atom. The minimum Gasteiger partial charge on any atom is -0.302 e. The molecule has 1 amide bonds. The molecule has 2 aromatic heterocycles. The third kappa shape index (κ3) is 4.48. The Balaban J connectivity index is 1.38. The highest BCUT2D eigenvalue weighted by Gasteiger charge is 2.25. The van der Waals surface area contributed by atoms with E-state index in [0.717, 1.165) is 25.1 Å². The van der Waals surface area contributed by atoms with Crippen LogP contribution in [0.15, 0.2) is 42.9 Å². The summed E-state index contributed by atoms with van der Waals surface area (Å²) >= 11 is 1.58. The van der Waals surface area contributed by atoms with Crippen LogP contribution in [0.5, 0.6) is 0 Å². The number of aromatic nitrogens is 3. The smallest absolute Gasteiger partial charge is 0.223 e. The van der Waals surface area contributed by atoms with E-state index in [1.807, 2.05) is 30.3 Å². The number of rotatable bonds is 6. The second-order valence-corrected chi connectivity index (χ2v) is 8.50. The van der Waals surface area contributed by atoms with Crippen molar-refractivity contribution in [1.82, 2.24) is 19.7 Å². The third-order valence-electron chi connectivity index (χ3n) is 5.15. The van der Waals surface area contributed by atoms with Crippen LogP contribution in [-0.2, 0) is 24.8 Å². The standard InChI is InChI=1S/C21H25N5OS/c1-15(27)24-21-22-12-20(28-21)10-19-4-3-9-26(19)13-16-5-7-17(8-6-16)18-11-23-25(2)14-18/h5-8,11-12,14,19H,3-4,9-10,13H2,1-2H3,(H,22,24,27)/t19-/m0/s1. The number of aryl methyl sites for hydroxylation is 1. The number of anilines is 1. The fourth-order valence-corrected chi connectivity index (χ4v) is 4.71. The summed E-state index contributed by atoms with van der Waals surface area (Å²) in [5.41, 5.74) is 3.68. The van der Waals surface area contributed by atoms with Crippen molar-refractivity contribution in [1.29, 1.82) is 0 Å². The summed E-state index contributed by atoms with van der Waals surface area (Å²) in [5.74, 6) is -0.0712. The number of hydrogen-bond acceptors (Lipinski definition) is 5. The van der Waals surface area contributed by atoms with Crippen molar-refractivity contribution >= 4 is 22.4 Å². The van der Waals surface area contributed by atoms with Gasteiger partial charge in [0.25, 0.3) is 0 Å². The highest BCUT2D eigenvalue weighted by molar-refractivity contribution is 7.15. The Bertz CT molecular complexity index is 946. The highest BCUT2D eigenvalue weighted by atomic mass is 32.1. The molecule has 0 bridgehead atoms. The van der Waals surface area contributed by atoms with Crippen molar-refractivity contribution in [3.8, 4) is 11.1 Å². The van der Waals surface area contributed by atoms with Crippen LogP contribution in [0.3, 0.4) is 0 Å². The zero-order valence-electron chi connectivity index (χ0n) is 16.3. The molecule has 4 rings (SSSR count). The van der Waals surface area contributed by atoms with Crippen LogP contribution >= 0.6 is 11.3 Å². The van der Waals surface area contributed by atoms with E-state index in [2.05, 4.69) is 44.6 Å². The fourth-order valence-electron chi connectivity index (χ4n) is 3.78. The summed E-state index contributed by atoms with van der Waals surface area (Å²) < 4.78 is 1.83. The van der Waals surface area contributed by atoms with Gasteiger partial charge in [0, 0.05) is 49.4 Å². The zero-order chi connectivity index (χ0) is 19.5. The van der Waals surface area contributed by atoms with E-state index >= 15 is 0 Å². The molecule has 3 heterocycles. The molecule has 7 heteroatoms. The number of nitrogens with zero attached hydrogens (tertiary/aromatic N) is 4. The lowest BCUT2D eigenvalue weighted by molar-refractivity contribution is -0.114. The molecule has 1 atom stereocenters. The van der Waals surface area contributed by atoms with E-state index in [1.54, 1.807) is 11.3 Å². The Morgan fingerprint density at radius 3 is 2.79 bits per heavy atom. The Hall–Kier alpha value is -2.51. The third-order valence-corrected chi connectivity index (χ3v) is 6.09. The van der Waals surface area contributed by atoms with Gasteiger partial charge in [-0.2, -0.15) is 5.10 Å². The highest BCUT2D eigenvalue weighted by Crippen LogP contribution is 2.27. The van der Waals surface area contributed by atoms with Crippen molar-refractivity contribution in [2.75, 3.05) is 11.9 Å². The topological polar surface area (TPSA) is 63.1 Å².